The van der Waals surface area contributed by atoms with Crippen LogP contribution in [-0.2, 0) is 20.7 Å². The predicted octanol–water partition coefficient (Wildman–Crippen LogP) is 2.73. The highest BCUT2D eigenvalue weighted by atomic mass is 19.4. The van der Waals surface area contributed by atoms with Crippen molar-refractivity contribution in [2.24, 2.45) is 11.7 Å². The second-order valence-corrected chi connectivity index (χ2v) is 6.06. The van der Waals surface area contributed by atoms with Crippen molar-refractivity contribution in [3.8, 4) is 5.75 Å². The summed E-state index contributed by atoms with van der Waals surface area (Å²) in [5.74, 6) is -8.01. The summed E-state index contributed by atoms with van der Waals surface area (Å²) in [5, 5.41) is 7.22. The first-order chi connectivity index (χ1) is 13.9. The van der Waals surface area contributed by atoms with Crippen molar-refractivity contribution in [2.45, 2.75) is 19.5 Å². The summed E-state index contributed by atoms with van der Waals surface area (Å²) in [5.41, 5.74) is 5.15. The number of carbonyl (C=O) groups is 3. The Morgan fingerprint density at radius 1 is 1.20 bits per heavy atom. The molecule has 1 aromatic heterocycles. The number of hydrogen-bond acceptors (Lipinski definition) is 7. The van der Waals surface area contributed by atoms with Crippen molar-refractivity contribution in [1.29, 1.82) is 5.41 Å². The van der Waals surface area contributed by atoms with Crippen LogP contribution in [0, 0.1) is 17.1 Å². The largest absolute Gasteiger partial charge is 0.491 e. The summed E-state index contributed by atoms with van der Waals surface area (Å²) in [6.07, 6.45) is -4.65. The highest BCUT2D eigenvalue weighted by Crippen LogP contribution is 2.22. The minimum atomic E-state index is -5.31. The zero-order chi connectivity index (χ0) is 22.6. The maximum absolute atomic E-state index is 13.9. The molecule has 8 nitrogen and oxygen atoms in total. The van der Waals surface area contributed by atoms with E-state index in [4.69, 9.17) is 20.3 Å². The fourth-order valence-electron chi connectivity index (χ4n) is 2.14. The van der Waals surface area contributed by atoms with Gasteiger partial charge in [-0.05, 0) is 24.3 Å². The van der Waals surface area contributed by atoms with Crippen LogP contribution in [0.2, 0.25) is 0 Å². The monoisotopic (exact) mass is 430 g/mol. The number of carbonyl (C=O) groups excluding carboxylic acids is 3. The Labute approximate surface area is 166 Å². The molecule has 0 spiro atoms. The highest BCUT2D eigenvalue weighted by Gasteiger charge is 2.43. The second-order valence-electron chi connectivity index (χ2n) is 6.06. The van der Waals surface area contributed by atoms with Crippen LogP contribution < -0.4 is 10.5 Å². The van der Waals surface area contributed by atoms with Gasteiger partial charge in [-0.25, -0.2) is 14.0 Å². The molecule has 1 atom stereocenters. The molecule has 0 aliphatic heterocycles. The van der Waals surface area contributed by atoms with Gasteiger partial charge in [0, 0.05) is 12.0 Å². The smallest absolute Gasteiger partial charge is 0.468 e. The Kier molecular flexibility index (Phi) is 6.59. The Bertz CT molecular complexity index is 999. The van der Waals surface area contributed by atoms with E-state index in [1.165, 1.54) is 13.0 Å². The lowest BCUT2D eigenvalue weighted by Gasteiger charge is -2.09. The number of amidine groups is 1. The van der Waals surface area contributed by atoms with E-state index < -0.39 is 41.6 Å². The van der Waals surface area contributed by atoms with E-state index in [9.17, 15) is 31.9 Å². The molecular weight excluding hydrogens is 416 g/mol. The van der Waals surface area contributed by atoms with E-state index in [0.29, 0.717) is 0 Å². The molecular formula is C18H14F4N2O6. The molecule has 0 aliphatic carbocycles. The number of nitrogens with one attached hydrogen (secondary N) is 1. The SMILES string of the molecule is CC(Cc1cc(C(=O)Oc2ccc(C(=N)N)cc2F)co1)C(=O)OC(=O)C(F)(F)F. The molecule has 1 aromatic carbocycles. The molecule has 0 saturated heterocycles. The lowest BCUT2D eigenvalue weighted by Crippen LogP contribution is -2.30. The zero-order valence-electron chi connectivity index (χ0n) is 15.2. The third-order valence-electron chi connectivity index (χ3n) is 3.67. The standard InChI is InChI=1S/C18H14F4N2O6/c1-8(15(25)30-17(27)18(20,21)22)4-11-5-10(7-28-11)16(26)29-13-3-2-9(14(23)24)6-12(13)19/h2-3,5-8H,4H2,1H3,(H3,23,24). The van der Waals surface area contributed by atoms with E-state index in [1.54, 1.807) is 0 Å². The number of benzene rings is 1. The first-order valence-electron chi connectivity index (χ1n) is 8.15. The molecule has 0 radical (unpaired) electrons. The van der Waals surface area contributed by atoms with Crippen molar-refractivity contribution in [3.05, 3.63) is 53.2 Å². The molecule has 0 saturated carbocycles. The second kappa shape index (κ2) is 8.76. The number of ether oxygens (including phenoxy) is 2. The maximum atomic E-state index is 13.9. The van der Waals surface area contributed by atoms with Gasteiger partial charge in [0.05, 0.1) is 11.5 Å². The number of rotatable bonds is 6. The van der Waals surface area contributed by atoms with Crippen molar-refractivity contribution >= 4 is 23.7 Å². The van der Waals surface area contributed by atoms with Gasteiger partial charge in [-0.3, -0.25) is 10.2 Å². The van der Waals surface area contributed by atoms with E-state index >= 15 is 0 Å². The fraction of sp³-hybridized carbons (Fsp3) is 0.222. The van der Waals surface area contributed by atoms with E-state index in [1.807, 2.05) is 0 Å². The Morgan fingerprint density at radius 3 is 2.43 bits per heavy atom. The van der Waals surface area contributed by atoms with Gasteiger partial charge in [-0.1, -0.05) is 6.92 Å². The molecule has 1 unspecified atom stereocenters. The van der Waals surface area contributed by atoms with Crippen LogP contribution in [0.4, 0.5) is 17.6 Å². The molecule has 3 N–H and O–H groups in total. The maximum Gasteiger partial charge on any atom is 0.491 e. The highest BCUT2D eigenvalue weighted by molar-refractivity contribution is 5.95. The van der Waals surface area contributed by atoms with E-state index in [2.05, 4.69) is 4.74 Å². The minimum absolute atomic E-state index is 0.0123. The lowest BCUT2D eigenvalue weighted by molar-refractivity contribution is -0.203. The summed E-state index contributed by atoms with van der Waals surface area (Å²) in [7, 11) is 0. The van der Waals surface area contributed by atoms with Crippen LogP contribution in [0.3, 0.4) is 0 Å². The Hall–Kier alpha value is -3.70. The lowest BCUT2D eigenvalue weighted by atomic mass is 10.1. The van der Waals surface area contributed by atoms with Crippen molar-refractivity contribution in [1.82, 2.24) is 0 Å². The van der Waals surface area contributed by atoms with Crippen LogP contribution in [-0.4, -0.2) is 29.9 Å². The van der Waals surface area contributed by atoms with Gasteiger partial charge >= 0.3 is 24.1 Å². The minimum Gasteiger partial charge on any atom is -0.468 e. The molecule has 30 heavy (non-hydrogen) atoms. The molecule has 160 valence electrons. The van der Waals surface area contributed by atoms with Gasteiger partial charge in [-0.2, -0.15) is 13.2 Å². The Balaban J connectivity index is 2.00. The Morgan fingerprint density at radius 2 is 1.87 bits per heavy atom. The summed E-state index contributed by atoms with van der Waals surface area (Å²) >= 11 is 0. The summed E-state index contributed by atoms with van der Waals surface area (Å²) < 4.78 is 63.9. The molecule has 12 heteroatoms. The van der Waals surface area contributed by atoms with E-state index in [0.717, 1.165) is 24.5 Å². The summed E-state index contributed by atoms with van der Waals surface area (Å²) in [6.45, 7) is 1.19. The van der Waals surface area contributed by atoms with Crippen LogP contribution in [0.1, 0.15) is 28.6 Å². The van der Waals surface area contributed by atoms with Crippen LogP contribution in [0.15, 0.2) is 34.9 Å². The third kappa shape index (κ3) is 5.65. The van der Waals surface area contributed by atoms with Crippen molar-refractivity contribution in [2.75, 3.05) is 0 Å². The van der Waals surface area contributed by atoms with Gasteiger partial charge in [0.1, 0.15) is 17.9 Å². The fourth-order valence-corrected chi connectivity index (χ4v) is 2.14. The molecule has 2 aromatic rings. The number of nitrogens with two attached hydrogens (primary N) is 1. The van der Waals surface area contributed by atoms with Gasteiger partial charge in [0.25, 0.3) is 0 Å². The van der Waals surface area contributed by atoms with Gasteiger partial charge in [0.15, 0.2) is 11.6 Å². The number of esters is 3. The van der Waals surface area contributed by atoms with Crippen LogP contribution in [0.5, 0.6) is 5.75 Å². The van der Waals surface area contributed by atoms with Gasteiger partial charge in [-0.15, -0.1) is 0 Å². The number of nitrogen functional groups attached to an aromatic ring is 1. The average molecular weight is 430 g/mol. The molecule has 2 rings (SSSR count). The van der Waals surface area contributed by atoms with Crippen LogP contribution in [0.25, 0.3) is 0 Å². The quantitative estimate of drug-likeness (QED) is 0.180. The number of alkyl halides is 3. The normalized spacial score (nSPS) is 12.2. The number of halogens is 4. The number of hydrogen-bond donors (Lipinski definition) is 2. The van der Waals surface area contributed by atoms with E-state index in [-0.39, 0.29) is 29.1 Å². The summed E-state index contributed by atoms with van der Waals surface area (Å²) in [6, 6.07) is 4.41. The van der Waals surface area contributed by atoms with Crippen molar-refractivity contribution < 1.29 is 45.8 Å². The molecule has 0 aliphatic rings. The topological polar surface area (TPSA) is 133 Å². The molecule has 1 heterocycles. The number of furan rings is 1. The molecule has 0 bridgehead atoms. The van der Waals surface area contributed by atoms with Crippen LogP contribution >= 0.6 is 0 Å². The summed E-state index contributed by atoms with van der Waals surface area (Å²) in [4.78, 5) is 34.3. The van der Waals surface area contributed by atoms with Gasteiger partial charge < -0.3 is 19.6 Å². The van der Waals surface area contributed by atoms with Gasteiger partial charge in [0.2, 0.25) is 0 Å². The first kappa shape index (κ1) is 22.6. The van der Waals surface area contributed by atoms with Crippen molar-refractivity contribution in [3.63, 3.8) is 0 Å². The zero-order valence-corrected chi connectivity index (χ0v) is 15.2. The third-order valence-corrected chi connectivity index (χ3v) is 3.67. The molecule has 0 amide bonds. The first-order valence-corrected chi connectivity index (χ1v) is 8.15. The molecule has 0 fully saturated rings. The average Bonchev–Trinajstić information content (AvgIpc) is 3.10. The predicted molar refractivity (Wildman–Crippen MR) is 91.1 cm³/mol.